The molecule has 0 atom stereocenters. The zero-order valence-electron chi connectivity index (χ0n) is 15.2. The predicted molar refractivity (Wildman–Crippen MR) is 92.0 cm³/mol. The predicted octanol–water partition coefficient (Wildman–Crippen LogP) is 3.94. The Hall–Kier alpha value is -0.995. The van der Waals surface area contributed by atoms with Gasteiger partial charge in [0.25, 0.3) is 0 Å². The van der Waals surface area contributed by atoms with Crippen LogP contribution >= 0.6 is 0 Å². The van der Waals surface area contributed by atoms with Crippen LogP contribution in [0.3, 0.4) is 0 Å². The quantitative estimate of drug-likeness (QED) is 0.860. The second-order valence-corrected chi connectivity index (χ2v) is 7.95. The van der Waals surface area contributed by atoms with Gasteiger partial charge in [-0.25, -0.2) is 0 Å². The average molecular weight is 304 g/mol. The van der Waals surface area contributed by atoms with Crippen molar-refractivity contribution in [1.29, 1.82) is 0 Å². The van der Waals surface area contributed by atoms with Gasteiger partial charge in [0.15, 0.2) is 0 Å². The lowest BCUT2D eigenvalue weighted by Crippen LogP contribution is -2.41. The van der Waals surface area contributed by atoms with Crippen molar-refractivity contribution < 1.29 is 14.4 Å². The van der Waals surface area contributed by atoms with E-state index in [0.717, 1.165) is 16.6 Å². The Morgan fingerprint density at radius 2 is 1.23 bits per heavy atom. The zero-order chi connectivity index (χ0) is 16.9. The monoisotopic (exact) mass is 304 g/mol. The van der Waals surface area contributed by atoms with Gasteiger partial charge in [-0.1, -0.05) is 39.8 Å². The number of aromatic hydroxyl groups is 1. The highest BCUT2D eigenvalue weighted by Crippen LogP contribution is 2.38. The Morgan fingerprint density at radius 1 is 0.864 bits per heavy atom. The molecular formula is C18H29BO3. The van der Waals surface area contributed by atoms with Crippen LogP contribution in [-0.2, 0) is 9.31 Å². The number of benzene rings is 1. The minimum atomic E-state index is -0.388. The Morgan fingerprint density at radius 3 is 1.55 bits per heavy atom. The summed E-state index contributed by atoms with van der Waals surface area (Å²) in [4.78, 5) is 0. The van der Waals surface area contributed by atoms with Gasteiger partial charge in [-0.3, -0.25) is 0 Å². The summed E-state index contributed by atoms with van der Waals surface area (Å²) in [5.74, 6) is 0.907. The Labute approximate surface area is 135 Å². The van der Waals surface area contributed by atoms with E-state index in [1.807, 2.05) is 12.1 Å². The van der Waals surface area contributed by atoms with Crippen molar-refractivity contribution in [3.8, 4) is 5.75 Å². The van der Waals surface area contributed by atoms with Crippen LogP contribution in [0.4, 0.5) is 0 Å². The molecule has 3 nitrogen and oxygen atoms in total. The molecule has 22 heavy (non-hydrogen) atoms. The summed E-state index contributed by atoms with van der Waals surface area (Å²) in [5.41, 5.74) is 2.19. The second kappa shape index (κ2) is 5.57. The molecule has 0 spiro atoms. The third-order valence-corrected chi connectivity index (χ3v) is 4.96. The maximum absolute atomic E-state index is 10.5. The molecular weight excluding hydrogens is 275 g/mol. The fraction of sp³-hybridized carbons (Fsp3) is 0.667. The van der Waals surface area contributed by atoms with Crippen molar-refractivity contribution >= 4 is 12.6 Å². The van der Waals surface area contributed by atoms with Gasteiger partial charge in [0.05, 0.1) is 11.2 Å². The normalized spacial score (nSPS) is 20.2. The van der Waals surface area contributed by atoms with E-state index in [9.17, 15) is 5.11 Å². The summed E-state index contributed by atoms with van der Waals surface area (Å²) in [6.45, 7) is 16.6. The van der Waals surface area contributed by atoms with Gasteiger partial charge in [-0.2, -0.15) is 0 Å². The third kappa shape index (κ3) is 2.91. The molecule has 0 saturated carbocycles. The second-order valence-electron chi connectivity index (χ2n) is 7.95. The van der Waals surface area contributed by atoms with E-state index in [-0.39, 0.29) is 30.2 Å². The molecule has 2 rings (SSSR count). The van der Waals surface area contributed by atoms with Crippen molar-refractivity contribution in [2.24, 2.45) is 0 Å². The minimum Gasteiger partial charge on any atom is -0.507 e. The highest BCUT2D eigenvalue weighted by atomic mass is 16.7. The summed E-state index contributed by atoms with van der Waals surface area (Å²) in [6.07, 6.45) is 0. The molecule has 1 aliphatic rings. The van der Waals surface area contributed by atoms with Crippen molar-refractivity contribution in [3.63, 3.8) is 0 Å². The lowest BCUT2D eigenvalue weighted by molar-refractivity contribution is 0.00578. The van der Waals surface area contributed by atoms with Crippen LogP contribution in [0.5, 0.6) is 5.75 Å². The number of hydrogen-bond donors (Lipinski definition) is 1. The number of phenols is 1. The molecule has 0 aliphatic carbocycles. The lowest BCUT2D eigenvalue weighted by atomic mass is 9.75. The Bertz CT molecular complexity index is 516. The Kier molecular flexibility index (Phi) is 4.40. The maximum atomic E-state index is 10.5. The number of hydrogen-bond acceptors (Lipinski definition) is 3. The van der Waals surface area contributed by atoms with Gasteiger partial charge in [-0.15, -0.1) is 0 Å². The molecule has 1 aromatic rings. The molecule has 1 aliphatic heterocycles. The summed E-state index contributed by atoms with van der Waals surface area (Å²) in [6, 6.07) is 4.04. The van der Waals surface area contributed by atoms with E-state index in [1.165, 1.54) is 0 Å². The summed E-state index contributed by atoms with van der Waals surface area (Å²) >= 11 is 0. The molecule has 1 N–H and O–H groups in total. The molecule has 4 heteroatoms. The first kappa shape index (κ1) is 17.4. The summed E-state index contributed by atoms with van der Waals surface area (Å²) in [5, 5.41) is 10.5. The third-order valence-electron chi connectivity index (χ3n) is 4.96. The molecule has 1 fully saturated rings. The molecule has 122 valence electrons. The van der Waals surface area contributed by atoms with Gasteiger partial charge in [-0.05, 0) is 56.1 Å². The van der Waals surface area contributed by atoms with Crippen molar-refractivity contribution in [1.82, 2.24) is 0 Å². The van der Waals surface area contributed by atoms with Crippen molar-refractivity contribution in [3.05, 3.63) is 23.3 Å². The first-order chi connectivity index (χ1) is 9.96. The van der Waals surface area contributed by atoms with Crippen molar-refractivity contribution in [2.75, 3.05) is 0 Å². The minimum absolute atomic E-state index is 0.250. The maximum Gasteiger partial charge on any atom is 0.494 e. The van der Waals surface area contributed by atoms with Gasteiger partial charge >= 0.3 is 7.12 Å². The molecule has 0 aromatic heterocycles. The fourth-order valence-electron chi connectivity index (χ4n) is 2.70. The van der Waals surface area contributed by atoms with Crippen LogP contribution in [-0.4, -0.2) is 23.4 Å². The number of rotatable bonds is 3. The molecule has 1 aromatic carbocycles. The summed E-state index contributed by atoms with van der Waals surface area (Å²) in [7, 11) is -0.388. The first-order valence-electron chi connectivity index (χ1n) is 8.18. The van der Waals surface area contributed by atoms with E-state index in [1.54, 1.807) is 0 Å². The lowest BCUT2D eigenvalue weighted by Gasteiger charge is -2.32. The van der Waals surface area contributed by atoms with Crippen LogP contribution in [0, 0.1) is 0 Å². The number of phenolic OH excluding ortho intramolecular Hbond substituents is 1. The van der Waals surface area contributed by atoms with Crippen LogP contribution in [0.15, 0.2) is 12.1 Å². The molecule has 1 saturated heterocycles. The highest BCUT2D eigenvalue weighted by Gasteiger charge is 2.51. The van der Waals surface area contributed by atoms with Crippen molar-refractivity contribution in [2.45, 2.75) is 78.4 Å². The summed E-state index contributed by atoms with van der Waals surface area (Å²) < 4.78 is 12.3. The van der Waals surface area contributed by atoms with Gasteiger partial charge in [0.1, 0.15) is 5.75 Å². The standard InChI is InChI=1S/C18H29BO3/c1-11(2)14-9-13(10-15(12(3)4)16(14)20)19-21-17(5,6)18(7,8)22-19/h9-12,20H,1-8H3. The van der Waals surface area contributed by atoms with E-state index >= 15 is 0 Å². The zero-order valence-corrected chi connectivity index (χ0v) is 15.2. The van der Waals surface area contributed by atoms with Gasteiger partial charge in [0.2, 0.25) is 0 Å². The molecule has 1 heterocycles. The topological polar surface area (TPSA) is 38.7 Å². The van der Waals surface area contributed by atoms with Crippen LogP contribution < -0.4 is 5.46 Å². The van der Waals surface area contributed by atoms with Crippen LogP contribution in [0.25, 0.3) is 0 Å². The highest BCUT2D eigenvalue weighted by molar-refractivity contribution is 6.62. The largest absolute Gasteiger partial charge is 0.507 e. The van der Waals surface area contributed by atoms with E-state index in [0.29, 0.717) is 5.75 Å². The van der Waals surface area contributed by atoms with Gasteiger partial charge in [0, 0.05) is 0 Å². The van der Waals surface area contributed by atoms with Crippen LogP contribution in [0.1, 0.15) is 78.4 Å². The van der Waals surface area contributed by atoms with Gasteiger partial charge < -0.3 is 14.4 Å². The molecule has 0 bridgehead atoms. The average Bonchev–Trinajstić information content (AvgIpc) is 2.57. The van der Waals surface area contributed by atoms with E-state index in [4.69, 9.17) is 9.31 Å². The van der Waals surface area contributed by atoms with Crippen LogP contribution in [0.2, 0.25) is 0 Å². The SMILES string of the molecule is CC(C)c1cc(B2OC(C)(C)C(C)(C)O2)cc(C(C)C)c1O. The first-order valence-corrected chi connectivity index (χ1v) is 8.18. The molecule has 0 radical (unpaired) electrons. The Balaban J connectivity index is 2.49. The van der Waals surface area contributed by atoms with E-state index < -0.39 is 0 Å². The molecule has 0 unspecified atom stereocenters. The smallest absolute Gasteiger partial charge is 0.494 e. The molecule has 0 amide bonds. The fourth-order valence-corrected chi connectivity index (χ4v) is 2.70. The van der Waals surface area contributed by atoms with E-state index in [2.05, 4.69) is 55.4 Å².